The van der Waals surface area contributed by atoms with Crippen LogP contribution >= 0.6 is 11.6 Å². The predicted molar refractivity (Wildman–Crippen MR) is 83.3 cm³/mol. The molecule has 3 N–H and O–H groups in total. The molecule has 0 heterocycles. The van der Waals surface area contributed by atoms with Gasteiger partial charge in [-0.1, -0.05) is 29.3 Å². The summed E-state index contributed by atoms with van der Waals surface area (Å²) in [6, 6.07) is 9.92. The molecule has 0 aromatic heterocycles. The summed E-state index contributed by atoms with van der Waals surface area (Å²) in [7, 11) is 0. The SMILES string of the molecule is Cc1ccc(O)c(C(C)Nc2ccc(Cl)c(C(=O)O)c2)c1. The van der Waals surface area contributed by atoms with E-state index >= 15 is 0 Å². The quantitative estimate of drug-likeness (QED) is 0.791. The number of anilines is 1. The smallest absolute Gasteiger partial charge is 0.337 e. The van der Waals surface area contributed by atoms with E-state index in [9.17, 15) is 9.90 Å². The van der Waals surface area contributed by atoms with Gasteiger partial charge in [0.1, 0.15) is 5.75 Å². The lowest BCUT2D eigenvalue weighted by Crippen LogP contribution is -2.08. The first-order valence-electron chi connectivity index (χ1n) is 6.47. The average molecular weight is 306 g/mol. The molecular formula is C16H16ClNO3. The Morgan fingerprint density at radius 3 is 2.62 bits per heavy atom. The predicted octanol–water partition coefficient (Wildman–Crippen LogP) is 4.23. The molecule has 5 heteroatoms. The van der Waals surface area contributed by atoms with E-state index in [2.05, 4.69) is 5.32 Å². The second-order valence-electron chi connectivity index (χ2n) is 4.93. The lowest BCUT2D eigenvalue weighted by molar-refractivity contribution is 0.0697. The second-order valence-corrected chi connectivity index (χ2v) is 5.34. The van der Waals surface area contributed by atoms with Crippen LogP contribution in [0.15, 0.2) is 36.4 Å². The number of nitrogens with one attached hydrogen (secondary N) is 1. The van der Waals surface area contributed by atoms with E-state index in [0.717, 1.165) is 11.1 Å². The molecule has 0 fully saturated rings. The van der Waals surface area contributed by atoms with Crippen molar-refractivity contribution in [2.24, 2.45) is 0 Å². The lowest BCUT2D eigenvalue weighted by Gasteiger charge is -2.18. The van der Waals surface area contributed by atoms with Crippen molar-refractivity contribution in [2.75, 3.05) is 5.32 Å². The molecule has 2 aromatic carbocycles. The molecule has 1 unspecified atom stereocenters. The standard InChI is InChI=1S/C16H16ClNO3/c1-9-3-6-15(19)12(7-9)10(2)18-11-4-5-14(17)13(8-11)16(20)21/h3-8,10,18-19H,1-2H3,(H,20,21). The fourth-order valence-electron chi connectivity index (χ4n) is 2.13. The van der Waals surface area contributed by atoms with Gasteiger partial charge in [0.2, 0.25) is 0 Å². The zero-order chi connectivity index (χ0) is 15.6. The highest BCUT2D eigenvalue weighted by molar-refractivity contribution is 6.33. The molecule has 0 saturated heterocycles. The van der Waals surface area contributed by atoms with Gasteiger partial charge in [-0.2, -0.15) is 0 Å². The molecule has 0 aliphatic heterocycles. The van der Waals surface area contributed by atoms with Crippen LogP contribution in [-0.2, 0) is 0 Å². The summed E-state index contributed by atoms with van der Waals surface area (Å²) in [5.41, 5.74) is 2.47. The van der Waals surface area contributed by atoms with E-state index < -0.39 is 5.97 Å². The number of benzene rings is 2. The number of rotatable bonds is 4. The molecule has 2 aromatic rings. The molecule has 0 saturated carbocycles. The zero-order valence-electron chi connectivity index (χ0n) is 11.7. The summed E-state index contributed by atoms with van der Waals surface area (Å²) in [4.78, 5) is 11.1. The number of carboxylic acids is 1. The number of hydrogen-bond acceptors (Lipinski definition) is 3. The fraction of sp³-hybridized carbons (Fsp3) is 0.188. The summed E-state index contributed by atoms with van der Waals surface area (Å²) in [5.74, 6) is -0.872. The van der Waals surface area contributed by atoms with Crippen molar-refractivity contribution in [2.45, 2.75) is 19.9 Å². The largest absolute Gasteiger partial charge is 0.508 e. The molecule has 0 spiro atoms. The number of aryl methyl sites for hydroxylation is 1. The number of hydrogen-bond donors (Lipinski definition) is 3. The van der Waals surface area contributed by atoms with Crippen molar-refractivity contribution in [3.05, 3.63) is 58.1 Å². The van der Waals surface area contributed by atoms with Crippen molar-refractivity contribution in [1.29, 1.82) is 0 Å². The third-order valence-corrected chi connectivity index (χ3v) is 3.56. The third kappa shape index (κ3) is 3.47. The van der Waals surface area contributed by atoms with Gasteiger partial charge in [-0.25, -0.2) is 4.79 Å². The Hall–Kier alpha value is -2.20. The minimum Gasteiger partial charge on any atom is -0.508 e. The van der Waals surface area contributed by atoms with Crippen LogP contribution in [0.3, 0.4) is 0 Å². The maximum Gasteiger partial charge on any atom is 0.337 e. The van der Waals surface area contributed by atoms with Crippen LogP contribution in [0.5, 0.6) is 5.75 Å². The van der Waals surface area contributed by atoms with E-state index in [1.54, 1.807) is 12.1 Å². The number of halogens is 1. The maximum absolute atomic E-state index is 11.1. The highest BCUT2D eigenvalue weighted by Gasteiger charge is 2.13. The Morgan fingerprint density at radius 1 is 1.24 bits per heavy atom. The Morgan fingerprint density at radius 2 is 1.95 bits per heavy atom. The van der Waals surface area contributed by atoms with Gasteiger partial charge >= 0.3 is 5.97 Å². The van der Waals surface area contributed by atoms with E-state index in [1.165, 1.54) is 12.1 Å². The Kier molecular flexibility index (Phi) is 4.38. The molecule has 4 nitrogen and oxygen atoms in total. The summed E-state index contributed by atoms with van der Waals surface area (Å²) in [6.45, 7) is 3.84. The first-order valence-corrected chi connectivity index (χ1v) is 6.85. The summed E-state index contributed by atoms with van der Waals surface area (Å²) < 4.78 is 0. The van der Waals surface area contributed by atoms with E-state index in [-0.39, 0.29) is 22.4 Å². The van der Waals surface area contributed by atoms with Crippen LogP contribution < -0.4 is 5.32 Å². The lowest BCUT2D eigenvalue weighted by atomic mass is 10.0. The normalized spacial score (nSPS) is 12.0. The van der Waals surface area contributed by atoms with Crippen molar-refractivity contribution in [3.63, 3.8) is 0 Å². The van der Waals surface area contributed by atoms with Crippen LogP contribution in [0.4, 0.5) is 5.69 Å². The molecule has 1 atom stereocenters. The Balaban J connectivity index is 2.27. The van der Waals surface area contributed by atoms with E-state index in [4.69, 9.17) is 16.7 Å². The number of phenols is 1. The van der Waals surface area contributed by atoms with Crippen LogP contribution in [0.2, 0.25) is 5.02 Å². The molecule has 0 aliphatic carbocycles. The zero-order valence-corrected chi connectivity index (χ0v) is 12.5. The van der Waals surface area contributed by atoms with Gasteiger partial charge in [0.25, 0.3) is 0 Å². The second kappa shape index (κ2) is 6.06. The van der Waals surface area contributed by atoms with Gasteiger partial charge in [-0.05, 0) is 38.1 Å². The van der Waals surface area contributed by atoms with Crippen molar-refractivity contribution in [1.82, 2.24) is 0 Å². The summed E-state index contributed by atoms with van der Waals surface area (Å²) in [5, 5.41) is 22.3. The van der Waals surface area contributed by atoms with Gasteiger partial charge in [-0.3, -0.25) is 0 Å². The van der Waals surface area contributed by atoms with Crippen molar-refractivity contribution >= 4 is 23.3 Å². The molecule has 0 aliphatic rings. The van der Waals surface area contributed by atoms with Crippen LogP contribution in [0.1, 0.15) is 34.5 Å². The molecule has 110 valence electrons. The minimum atomic E-state index is -1.07. The van der Waals surface area contributed by atoms with Gasteiger partial charge in [0.05, 0.1) is 16.6 Å². The first-order chi connectivity index (χ1) is 9.88. The monoisotopic (exact) mass is 305 g/mol. The summed E-state index contributed by atoms with van der Waals surface area (Å²) in [6.07, 6.45) is 0. The molecular weight excluding hydrogens is 290 g/mol. The number of aromatic carboxylic acids is 1. The van der Waals surface area contributed by atoms with Gasteiger partial charge in [-0.15, -0.1) is 0 Å². The van der Waals surface area contributed by atoms with Gasteiger partial charge < -0.3 is 15.5 Å². The Bertz CT molecular complexity index is 685. The first kappa shape index (κ1) is 15.2. The molecule has 0 bridgehead atoms. The number of phenolic OH excluding ortho intramolecular Hbond substituents is 1. The molecule has 0 amide bonds. The topological polar surface area (TPSA) is 69.6 Å². The minimum absolute atomic E-state index is 0.0438. The Labute approximate surface area is 128 Å². The fourth-order valence-corrected chi connectivity index (χ4v) is 2.33. The van der Waals surface area contributed by atoms with Crippen LogP contribution in [0, 0.1) is 6.92 Å². The highest BCUT2D eigenvalue weighted by Crippen LogP contribution is 2.29. The molecule has 2 rings (SSSR count). The highest BCUT2D eigenvalue weighted by atomic mass is 35.5. The van der Waals surface area contributed by atoms with Gasteiger partial charge in [0.15, 0.2) is 0 Å². The molecule has 21 heavy (non-hydrogen) atoms. The third-order valence-electron chi connectivity index (χ3n) is 3.23. The number of aromatic hydroxyl groups is 1. The molecule has 0 radical (unpaired) electrons. The average Bonchev–Trinajstić information content (AvgIpc) is 2.43. The van der Waals surface area contributed by atoms with E-state index in [1.807, 2.05) is 26.0 Å². The van der Waals surface area contributed by atoms with E-state index in [0.29, 0.717) is 5.69 Å². The van der Waals surface area contributed by atoms with Crippen molar-refractivity contribution in [3.8, 4) is 5.75 Å². The van der Waals surface area contributed by atoms with Crippen molar-refractivity contribution < 1.29 is 15.0 Å². The van der Waals surface area contributed by atoms with Crippen LogP contribution in [0.25, 0.3) is 0 Å². The summed E-state index contributed by atoms with van der Waals surface area (Å²) >= 11 is 5.84. The number of carbonyl (C=O) groups is 1. The van der Waals surface area contributed by atoms with Crippen LogP contribution in [-0.4, -0.2) is 16.2 Å². The number of carboxylic acid groups (broad SMARTS) is 1. The van der Waals surface area contributed by atoms with Gasteiger partial charge in [0, 0.05) is 11.3 Å². The maximum atomic E-state index is 11.1.